The van der Waals surface area contributed by atoms with Gasteiger partial charge in [0.15, 0.2) is 5.60 Å². The number of benzene rings is 3. The van der Waals surface area contributed by atoms with Crippen LogP contribution in [0.3, 0.4) is 0 Å². The Bertz CT molecular complexity index is 936. The fourth-order valence-corrected chi connectivity index (χ4v) is 4.48. The molecule has 31 heavy (non-hydrogen) atoms. The summed E-state index contributed by atoms with van der Waals surface area (Å²) >= 11 is 0. The van der Waals surface area contributed by atoms with E-state index in [0.717, 1.165) is 19.5 Å². The van der Waals surface area contributed by atoms with Gasteiger partial charge in [0.1, 0.15) is 0 Å². The lowest BCUT2D eigenvalue weighted by atomic mass is 9.85. The number of aliphatic hydroxyl groups is 1. The van der Waals surface area contributed by atoms with Gasteiger partial charge in [0.05, 0.1) is 0 Å². The Hall–Kier alpha value is -2.95. The van der Waals surface area contributed by atoms with E-state index in [9.17, 15) is 9.90 Å². The first kappa shape index (κ1) is 21.3. The Balaban J connectivity index is 1.43. The highest BCUT2D eigenvalue weighted by atomic mass is 16.3. The van der Waals surface area contributed by atoms with Gasteiger partial charge in [0, 0.05) is 19.1 Å². The molecule has 2 atom stereocenters. The van der Waals surface area contributed by atoms with Crippen molar-refractivity contribution in [3.63, 3.8) is 0 Å². The largest absolute Gasteiger partial charge is 0.372 e. The normalized spacial score (nSPS) is 17.9. The Morgan fingerprint density at radius 2 is 1.48 bits per heavy atom. The molecule has 160 valence electrons. The predicted molar refractivity (Wildman–Crippen MR) is 123 cm³/mol. The molecule has 4 heteroatoms. The van der Waals surface area contributed by atoms with Gasteiger partial charge in [0.25, 0.3) is 5.91 Å². The smallest absolute Gasteiger partial charge is 0.261 e. The molecular weight excluding hydrogens is 384 g/mol. The van der Waals surface area contributed by atoms with Crippen molar-refractivity contribution >= 4 is 5.91 Å². The molecule has 0 spiro atoms. The molecule has 2 N–H and O–H groups in total. The third-order valence-corrected chi connectivity index (χ3v) is 6.41. The van der Waals surface area contributed by atoms with E-state index >= 15 is 0 Å². The van der Waals surface area contributed by atoms with Crippen LogP contribution in [0.4, 0.5) is 0 Å². The number of amides is 1. The number of rotatable bonds is 7. The van der Waals surface area contributed by atoms with Crippen LogP contribution >= 0.6 is 0 Å². The summed E-state index contributed by atoms with van der Waals surface area (Å²) < 4.78 is 0. The van der Waals surface area contributed by atoms with E-state index in [1.165, 1.54) is 5.56 Å². The molecule has 0 unspecified atom stereocenters. The Morgan fingerprint density at radius 1 is 0.968 bits per heavy atom. The minimum atomic E-state index is -1.71. The number of likely N-dealkylation sites (tertiary alicyclic amines) is 1. The SMILES string of the molecule is C[C@H](c1ccccc1)N1CC[C@@H](CNC(=O)C(O)(c2ccccc2)c2ccccc2)C1. The van der Waals surface area contributed by atoms with Crippen LogP contribution in [0.2, 0.25) is 0 Å². The molecule has 0 aromatic heterocycles. The lowest BCUT2D eigenvalue weighted by molar-refractivity contribution is -0.136. The van der Waals surface area contributed by atoms with Crippen molar-refractivity contribution in [2.45, 2.75) is 25.0 Å². The Morgan fingerprint density at radius 3 is 2.03 bits per heavy atom. The van der Waals surface area contributed by atoms with E-state index in [0.29, 0.717) is 29.6 Å². The van der Waals surface area contributed by atoms with E-state index in [1.54, 1.807) is 24.3 Å². The molecule has 1 aliphatic heterocycles. The summed E-state index contributed by atoms with van der Waals surface area (Å²) in [5.74, 6) is -0.00892. The number of hydrogen-bond donors (Lipinski definition) is 2. The fourth-order valence-electron chi connectivity index (χ4n) is 4.48. The van der Waals surface area contributed by atoms with Gasteiger partial charge in [-0.25, -0.2) is 0 Å². The van der Waals surface area contributed by atoms with Crippen molar-refractivity contribution in [2.75, 3.05) is 19.6 Å². The number of nitrogens with one attached hydrogen (secondary N) is 1. The van der Waals surface area contributed by atoms with E-state index in [-0.39, 0.29) is 5.91 Å². The molecular formula is C27H30N2O2. The van der Waals surface area contributed by atoms with Gasteiger partial charge in [-0.05, 0) is 42.5 Å². The van der Waals surface area contributed by atoms with Gasteiger partial charge in [0.2, 0.25) is 0 Å². The van der Waals surface area contributed by atoms with Crippen molar-refractivity contribution < 1.29 is 9.90 Å². The zero-order valence-electron chi connectivity index (χ0n) is 17.9. The second-order valence-electron chi connectivity index (χ2n) is 8.39. The van der Waals surface area contributed by atoms with Crippen molar-refractivity contribution in [1.82, 2.24) is 10.2 Å². The topological polar surface area (TPSA) is 52.6 Å². The molecule has 1 amide bonds. The Labute approximate surface area is 184 Å². The van der Waals surface area contributed by atoms with Gasteiger partial charge < -0.3 is 10.4 Å². The molecule has 0 radical (unpaired) electrons. The number of carbonyl (C=O) groups is 1. The summed E-state index contributed by atoms with van der Waals surface area (Å²) in [6.07, 6.45) is 1.03. The summed E-state index contributed by atoms with van der Waals surface area (Å²) in [6, 6.07) is 29.2. The van der Waals surface area contributed by atoms with Crippen LogP contribution in [0.25, 0.3) is 0 Å². The summed E-state index contributed by atoms with van der Waals surface area (Å²) in [7, 11) is 0. The highest BCUT2D eigenvalue weighted by Crippen LogP contribution is 2.31. The Kier molecular flexibility index (Phi) is 6.50. The summed E-state index contributed by atoms with van der Waals surface area (Å²) in [6.45, 7) is 4.74. The molecule has 1 heterocycles. The first-order chi connectivity index (χ1) is 15.1. The standard InChI is InChI=1S/C27H30N2O2/c1-21(23-11-5-2-6-12-23)29-18-17-22(20-29)19-28-26(30)27(31,24-13-7-3-8-14-24)25-15-9-4-10-16-25/h2-16,21-22,31H,17-20H2,1H3,(H,28,30)/t21-,22+/m1/s1. The number of carbonyl (C=O) groups excluding carboxylic acids is 1. The minimum absolute atomic E-state index is 0.354. The summed E-state index contributed by atoms with van der Waals surface area (Å²) in [5.41, 5.74) is 0.752. The summed E-state index contributed by atoms with van der Waals surface area (Å²) in [4.78, 5) is 15.7. The third-order valence-electron chi connectivity index (χ3n) is 6.41. The molecule has 1 saturated heterocycles. The zero-order valence-corrected chi connectivity index (χ0v) is 17.9. The quantitative estimate of drug-likeness (QED) is 0.611. The van der Waals surface area contributed by atoms with Gasteiger partial charge >= 0.3 is 0 Å². The van der Waals surface area contributed by atoms with Gasteiger partial charge in [-0.1, -0.05) is 91.0 Å². The maximum atomic E-state index is 13.3. The van der Waals surface area contributed by atoms with E-state index in [1.807, 2.05) is 42.5 Å². The van der Waals surface area contributed by atoms with Crippen LogP contribution in [0, 0.1) is 5.92 Å². The first-order valence-electron chi connectivity index (χ1n) is 11.0. The maximum absolute atomic E-state index is 13.3. The molecule has 1 aliphatic rings. The minimum Gasteiger partial charge on any atom is -0.372 e. The van der Waals surface area contributed by atoms with Crippen molar-refractivity contribution in [1.29, 1.82) is 0 Å². The van der Waals surface area contributed by atoms with Crippen LogP contribution < -0.4 is 5.32 Å². The van der Waals surface area contributed by atoms with Crippen molar-refractivity contribution in [3.05, 3.63) is 108 Å². The highest BCUT2D eigenvalue weighted by molar-refractivity contribution is 5.90. The van der Waals surface area contributed by atoms with Crippen molar-refractivity contribution in [3.8, 4) is 0 Å². The molecule has 3 aromatic carbocycles. The zero-order chi connectivity index (χ0) is 21.7. The van der Waals surface area contributed by atoms with Crippen LogP contribution in [0.5, 0.6) is 0 Å². The molecule has 4 rings (SSSR count). The molecule has 0 saturated carbocycles. The van der Waals surface area contributed by atoms with Gasteiger partial charge in [-0.2, -0.15) is 0 Å². The molecule has 0 aliphatic carbocycles. The van der Waals surface area contributed by atoms with Crippen LogP contribution in [-0.2, 0) is 10.4 Å². The number of hydrogen-bond acceptors (Lipinski definition) is 3. The molecule has 4 nitrogen and oxygen atoms in total. The predicted octanol–water partition coefficient (Wildman–Crippen LogP) is 4.12. The maximum Gasteiger partial charge on any atom is 0.261 e. The van der Waals surface area contributed by atoms with E-state index < -0.39 is 5.60 Å². The van der Waals surface area contributed by atoms with E-state index in [2.05, 4.69) is 41.4 Å². The monoisotopic (exact) mass is 414 g/mol. The lowest BCUT2D eigenvalue weighted by Gasteiger charge is -2.29. The van der Waals surface area contributed by atoms with E-state index in [4.69, 9.17) is 0 Å². The fraction of sp³-hybridized carbons (Fsp3) is 0.296. The van der Waals surface area contributed by atoms with Crippen molar-refractivity contribution in [2.24, 2.45) is 5.92 Å². The van der Waals surface area contributed by atoms with Crippen LogP contribution in [-0.4, -0.2) is 35.5 Å². The second-order valence-corrected chi connectivity index (χ2v) is 8.39. The lowest BCUT2D eigenvalue weighted by Crippen LogP contribution is -2.47. The van der Waals surface area contributed by atoms with Gasteiger partial charge in [-0.3, -0.25) is 9.69 Å². The number of nitrogens with zero attached hydrogens (tertiary/aromatic N) is 1. The molecule has 1 fully saturated rings. The third kappa shape index (κ3) is 4.55. The van der Waals surface area contributed by atoms with Crippen LogP contribution in [0.15, 0.2) is 91.0 Å². The average molecular weight is 415 g/mol. The average Bonchev–Trinajstić information content (AvgIpc) is 3.32. The molecule has 0 bridgehead atoms. The summed E-state index contributed by atoms with van der Waals surface area (Å²) in [5, 5.41) is 14.6. The van der Waals surface area contributed by atoms with Crippen LogP contribution in [0.1, 0.15) is 36.1 Å². The molecule has 3 aromatic rings. The highest BCUT2D eigenvalue weighted by Gasteiger charge is 2.40. The second kappa shape index (κ2) is 9.46. The van der Waals surface area contributed by atoms with Gasteiger partial charge in [-0.15, -0.1) is 0 Å². The first-order valence-corrected chi connectivity index (χ1v) is 11.0.